The van der Waals surface area contributed by atoms with Gasteiger partial charge in [-0.3, -0.25) is 0 Å². The van der Waals surface area contributed by atoms with Crippen LogP contribution in [0, 0.1) is 0 Å². The predicted molar refractivity (Wildman–Crippen MR) is 67.1 cm³/mol. The van der Waals surface area contributed by atoms with E-state index in [1.165, 1.54) is 12.1 Å². The van der Waals surface area contributed by atoms with E-state index < -0.39 is 6.61 Å². The fourth-order valence-corrected chi connectivity index (χ4v) is 1.66. The van der Waals surface area contributed by atoms with Gasteiger partial charge in [0, 0.05) is 31.9 Å². The molecule has 0 radical (unpaired) electrons. The number of hydrogen-bond acceptors (Lipinski definition) is 3. The van der Waals surface area contributed by atoms with Crippen molar-refractivity contribution in [2.45, 2.75) is 19.6 Å². The van der Waals surface area contributed by atoms with Crippen molar-refractivity contribution in [3.05, 3.63) is 48.0 Å². The highest BCUT2D eigenvalue weighted by Gasteiger charge is 2.03. The number of halogens is 2. The number of aromatic amines is 1. The summed E-state index contributed by atoms with van der Waals surface area (Å²) in [6.07, 6.45) is 4.33. The summed E-state index contributed by atoms with van der Waals surface area (Å²) < 4.78 is 28.2. The number of rotatable bonds is 7. The van der Waals surface area contributed by atoms with Crippen LogP contribution < -0.4 is 10.1 Å². The highest BCUT2D eigenvalue weighted by Crippen LogP contribution is 2.14. The smallest absolute Gasteiger partial charge is 0.387 e. The van der Waals surface area contributed by atoms with Gasteiger partial charge in [-0.05, 0) is 17.7 Å². The first kappa shape index (κ1) is 13.5. The van der Waals surface area contributed by atoms with Crippen LogP contribution in [0.3, 0.4) is 0 Å². The van der Waals surface area contributed by atoms with Gasteiger partial charge in [-0.25, -0.2) is 4.98 Å². The second-order valence-electron chi connectivity index (χ2n) is 3.99. The SMILES string of the molecule is FC(F)Oc1ccc(CNCCc2ncc[nH]2)cc1. The van der Waals surface area contributed by atoms with Gasteiger partial charge < -0.3 is 15.0 Å². The molecule has 2 N–H and O–H groups in total. The number of nitrogens with one attached hydrogen (secondary N) is 2. The first-order chi connectivity index (χ1) is 9.24. The average Bonchev–Trinajstić information content (AvgIpc) is 2.89. The molecule has 19 heavy (non-hydrogen) atoms. The van der Waals surface area contributed by atoms with Crippen LogP contribution in [0.5, 0.6) is 5.75 Å². The maximum atomic E-state index is 12.0. The van der Waals surface area contributed by atoms with Crippen molar-refractivity contribution < 1.29 is 13.5 Å². The number of ether oxygens (including phenoxy) is 1. The maximum absolute atomic E-state index is 12.0. The molecule has 0 aliphatic heterocycles. The molecule has 4 nitrogen and oxygen atoms in total. The van der Waals surface area contributed by atoms with Gasteiger partial charge >= 0.3 is 6.61 Å². The molecule has 1 aromatic heterocycles. The molecule has 0 saturated carbocycles. The van der Waals surface area contributed by atoms with Crippen LogP contribution >= 0.6 is 0 Å². The molecule has 2 aromatic rings. The van der Waals surface area contributed by atoms with Gasteiger partial charge in [-0.15, -0.1) is 0 Å². The summed E-state index contributed by atoms with van der Waals surface area (Å²) in [6.45, 7) is -1.31. The molecule has 0 atom stereocenters. The summed E-state index contributed by atoms with van der Waals surface area (Å²) in [5.74, 6) is 1.11. The zero-order valence-electron chi connectivity index (χ0n) is 10.3. The topological polar surface area (TPSA) is 49.9 Å². The van der Waals surface area contributed by atoms with E-state index in [1.54, 1.807) is 24.5 Å². The van der Waals surface area contributed by atoms with E-state index in [0.29, 0.717) is 6.54 Å². The molecule has 102 valence electrons. The Morgan fingerprint density at radius 3 is 2.68 bits per heavy atom. The van der Waals surface area contributed by atoms with Gasteiger partial charge in [0.1, 0.15) is 11.6 Å². The molecule has 1 heterocycles. The van der Waals surface area contributed by atoms with Crippen LogP contribution in [0.15, 0.2) is 36.7 Å². The molecular formula is C13H15F2N3O. The summed E-state index contributed by atoms with van der Waals surface area (Å²) in [5, 5.41) is 3.25. The van der Waals surface area contributed by atoms with Crippen LogP contribution in [-0.4, -0.2) is 23.1 Å². The van der Waals surface area contributed by atoms with Crippen molar-refractivity contribution in [3.63, 3.8) is 0 Å². The Labute approximate surface area is 109 Å². The van der Waals surface area contributed by atoms with Crippen molar-refractivity contribution in [2.24, 2.45) is 0 Å². The van der Waals surface area contributed by atoms with Crippen molar-refractivity contribution in [1.29, 1.82) is 0 Å². The lowest BCUT2D eigenvalue weighted by atomic mass is 10.2. The van der Waals surface area contributed by atoms with E-state index >= 15 is 0 Å². The first-order valence-electron chi connectivity index (χ1n) is 5.97. The van der Waals surface area contributed by atoms with E-state index in [1.807, 2.05) is 0 Å². The molecule has 2 rings (SSSR count). The Hall–Kier alpha value is -1.95. The number of H-pyrrole nitrogens is 1. The van der Waals surface area contributed by atoms with Gasteiger partial charge in [-0.1, -0.05) is 12.1 Å². The number of nitrogens with zero attached hydrogens (tertiary/aromatic N) is 1. The third-order valence-electron chi connectivity index (χ3n) is 2.57. The molecule has 1 aromatic carbocycles. The lowest BCUT2D eigenvalue weighted by Crippen LogP contribution is -2.17. The van der Waals surface area contributed by atoms with E-state index in [9.17, 15) is 8.78 Å². The Kier molecular flexibility index (Phi) is 4.85. The standard InChI is InChI=1S/C13H15F2N3O/c14-13(15)19-11-3-1-10(2-4-11)9-16-6-5-12-17-7-8-18-12/h1-4,7-8,13,16H,5-6,9H2,(H,17,18). The number of imidazole rings is 1. The zero-order chi connectivity index (χ0) is 13.5. The zero-order valence-corrected chi connectivity index (χ0v) is 10.3. The number of hydrogen-bond donors (Lipinski definition) is 2. The number of alkyl halides is 2. The van der Waals surface area contributed by atoms with Crippen LogP contribution in [0.1, 0.15) is 11.4 Å². The van der Waals surface area contributed by atoms with Crippen molar-refractivity contribution in [2.75, 3.05) is 6.54 Å². The van der Waals surface area contributed by atoms with E-state index in [4.69, 9.17) is 0 Å². The molecule has 0 saturated heterocycles. The molecule has 6 heteroatoms. The molecular weight excluding hydrogens is 252 g/mol. The van der Waals surface area contributed by atoms with E-state index in [-0.39, 0.29) is 5.75 Å². The Bertz CT molecular complexity index is 471. The average molecular weight is 267 g/mol. The van der Waals surface area contributed by atoms with Crippen LogP contribution in [0.25, 0.3) is 0 Å². The summed E-state index contributed by atoms with van der Waals surface area (Å²) in [5.41, 5.74) is 1.01. The van der Waals surface area contributed by atoms with Gasteiger partial charge in [0.25, 0.3) is 0 Å². The Balaban J connectivity index is 1.71. The second-order valence-corrected chi connectivity index (χ2v) is 3.99. The molecule has 0 fully saturated rings. The maximum Gasteiger partial charge on any atom is 0.387 e. The third-order valence-corrected chi connectivity index (χ3v) is 2.57. The van der Waals surface area contributed by atoms with Crippen molar-refractivity contribution in [3.8, 4) is 5.75 Å². The van der Waals surface area contributed by atoms with Gasteiger partial charge in [-0.2, -0.15) is 8.78 Å². The lowest BCUT2D eigenvalue weighted by Gasteiger charge is -2.06. The lowest BCUT2D eigenvalue weighted by molar-refractivity contribution is -0.0498. The summed E-state index contributed by atoms with van der Waals surface area (Å²) in [6, 6.07) is 6.60. The van der Waals surface area contributed by atoms with E-state index in [2.05, 4.69) is 20.0 Å². The molecule has 0 aliphatic rings. The molecule has 0 unspecified atom stereocenters. The molecule has 0 aliphatic carbocycles. The molecule has 0 amide bonds. The fourth-order valence-electron chi connectivity index (χ4n) is 1.66. The summed E-state index contributed by atoms with van der Waals surface area (Å²) in [4.78, 5) is 7.14. The highest BCUT2D eigenvalue weighted by atomic mass is 19.3. The minimum Gasteiger partial charge on any atom is -0.435 e. The minimum atomic E-state index is -2.78. The van der Waals surface area contributed by atoms with Crippen LogP contribution in [0.4, 0.5) is 8.78 Å². The number of benzene rings is 1. The molecule has 0 spiro atoms. The first-order valence-corrected chi connectivity index (χ1v) is 5.97. The van der Waals surface area contributed by atoms with Crippen molar-refractivity contribution in [1.82, 2.24) is 15.3 Å². The quantitative estimate of drug-likeness (QED) is 0.757. The Morgan fingerprint density at radius 1 is 1.26 bits per heavy atom. The molecule has 0 bridgehead atoms. The monoisotopic (exact) mass is 267 g/mol. The second kappa shape index (κ2) is 6.84. The van der Waals surface area contributed by atoms with Gasteiger partial charge in [0.05, 0.1) is 0 Å². The normalized spacial score (nSPS) is 10.9. The fraction of sp³-hybridized carbons (Fsp3) is 0.308. The van der Waals surface area contributed by atoms with Crippen molar-refractivity contribution >= 4 is 0 Å². The highest BCUT2D eigenvalue weighted by molar-refractivity contribution is 5.27. The van der Waals surface area contributed by atoms with Crippen LogP contribution in [-0.2, 0) is 13.0 Å². The summed E-state index contributed by atoms with van der Waals surface area (Å²) in [7, 11) is 0. The Morgan fingerprint density at radius 2 is 2.05 bits per heavy atom. The van der Waals surface area contributed by atoms with Gasteiger partial charge in [0.2, 0.25) is 0 Å². The van der Waals surface area contributed by atoms with Gasteiger partial charge in [0.15, 0.2) is 0 Å². The van der Waals surface area contributed by atoms with Crippen LogP contribution in [0.2, 0.25) is 0 Å². The third kappa shape index (κ3) is 4.67. The predicted octanol–water partition coefficient (Wildman–Crippen LogP) is 2.34. The number of aromatic nitrogens is 2. The largest absolute Gasteiger partial charge is 0.435 e. The van der Waals surface area contributed by atoms with E-state index in [0.717, 1.165) is 24.4 Å². The minimum absolute atomic E-state index is 0.175. The summed E-state index contributed by atoms with van der Waals surface area (Å²) >= 11 is 0.